The molecule has 0 saturated carbocycles. The Labute approximate surface area is 82.2 Å². The Kier molecular flexibility index (Phi) is 4.07. The molecule has 1 aromatic rings. The zero-order chi connectivity index (χ0) is 10.4. The minimum atomic E-state index is -0.223. The van der Waals surface area contributed by atoms with Gasteiger partial charge in [-0.15, -0.1) is 0 Å². The second-order valence-corrected chi connectivity index (χ2v) is 2.92. The second-order valence-electron chi connectivity index (χ2n) is 2.92. The van der Waals surface area contributed by atoms with E-state index in [9.17, 15) is 4.39 Å². The van der Waals surface area contributed by atoms with Crippen molar-refractivity contribution in [1.29, 1.82) is 5.41 Å². The van der Waals surface area contributed by atoms with Crippen LogP contribution in [-0.2, 0) is 11.2 Å². The molecule has 0 heterocycles. The van der Waals surface area contributed by atoms with E-state index < -0.39 is 0 Å². The highest BCUT2D eigenvalue weighted by molar-refractivity contribution is 5.78. The standard InChI is InChI=1S/C10H13FN2O/c11-9-4-2-1-3-8(9)5-6-14-7-10(12)13/h1-4H,5-7H2,(H3,12,13). The van der Waals surface area contributed by atoms with E-state index >= 15 is 0 Å². The molecule has 0 aliphatic carbocycles. The van der Waals surface area contributed by atoms with E-state index in [1.54, 1.807) is 18.2 Å². The molecule has 0 saturated heterocycles. The van der Waals surface area contributed by atoms with Crippen LogP contribution in [0.3, 0.4) is 0 Å². The summed E-state index contributed by atoms with van der Waals surface area (Å²) in [5, 5.41) is 6.90. The minimum Gasteiger partial charge on any atom is -0.386 e. The van der Waals surface area contributed by atoms with Gasteiger partial charge < -0.3 is 10.5 Å². The lowest BCUT2D eigenvalue weighted by Gasteiger charge is -2.03. The van der Waals surface area contributed by atoms with Gasteiger partial charge in [0.05, 0.1) is 6.61 Å². The molecule has 0 spiro atoms. The second kappa shape index (κ2) is 5.34. The van der Waals surface area contributed by atoms with Crippen molar-refractivity contribution >= 4 is 5.84 Å². The number of hydrogen-bond donors (Lipinski definition) is 2. The van der Waals surface area contributed by atoms with Crippen molar-refractivity contribution in [1.82, 2.24) is 0 Å². The fourth-order valence-corrected chi connectivity index (χ4v) is 1.07. The van der Waals surface area contributed by atoms with Crippen LogP contribution in [0.4, 0.5) is 4.39 Å². The Morgan fingerprint density at radius 1 is 1.43 bits per heavy atom. The SMILES string of the molecule is N=C(N)COCCc1ccccc1F. The zero-order valence-electron chi connectivity index (χ0n) is 7.79. The number of halogens is 1. The molecule has 4 heteroatoms. The molecule has 0 unspecified atom stereocenters. The molecule has 0 aromatic heterocycles. The Morgan fingerprint density at radius 2 is 2.14 bits per heavy atom. The Hall–Kier alpha value is -1.42. The Balaban J connectivity index is 2.31. The minimum absolute atomic E-state index is 0.0152. The van der Waals surface area contributed by atoms with Gasteiger partial charge in [-0.05, 0) is 18.1 Å². The molecule has 76 valence electrons. The van der Waals surface area contributed by atoms with Crippen LogP contribution in [0.5, 0.6) is 0 Å². The van der Waals surface area contributed by atoms with Gasteiger partial charge in [-0.2, -0.15) is 0 Å². The first-order valence-corrected chi connectivity index (χ1v) is 4.34. The Bertz CT molecular complexity index is 315. The van der Waals surface area contributed by atoms with Crippen LogP contribution in [-0.4, -0.2) is 19.0 Å². The van der Waals surface area contributed by atoms with E-state index in [-0.39, 0.29) is 18.3 Å². The average molecular weight is 196 g/mol. The lowest BCUT2D eigenvalue weighted by atomic mass is 10.1. The normalized spacial score (nSPS) is 10.1. The summed E-state index contributed by atoms with van der Waals surface area (Å²) in [7, 11) is 0. The zero-order valence-corrected chi connectivity index (χ0v) is 7.79. The summed E-state index contributed by atoms with van der Waals surface area (Å²) in [6, 6.07) is 6.56. The van der Waals surface area contributed by atoms with Crippen molar-refractivity contribution in [2.75, 3.05) is 13.2 Å². The van der Waals surface area contributed by atoms with Crippen LogP contribution in [0.2, 0.25) is 0 Å². The van der Waals surface area contributed by atoms with Crippen molar-refractivity contribution in [2.45, 2.75) is 6.42 Å². The number of rotatable bonds is 5. The third-order valence-electron chi connectivity index (χ3n) is 1.73. The molecule has 0 aliphatic rings. The van der Waals surface area contributed by atoms with Crippen molar-refractivity contribution in [2.24, 2.45) is 5.73 Å². The molecule has 14 heavy (non-hydrogen) atoms. The van der Waals surface area contributed by atoms with E-state index in [1.165, 1.54) is 6.07 Å². The van der Waals surface area contributed by atoms with E-state index in [0.29, 0.717) is 18.6 Å². The maximum Gasteiger partial charge on any atom is 0.126 e. The van der Waals surface area contributed by atoms with Gasteiger partial charge in [0, 0.05) is 0 Å². The molecule has 1 rings (SSSR count). The molecule has 0 fully saturated rings. The van der Waals surface area contributed by atoms with Crippen molar-refractivity contribution in [3.63, 3.8) is 0 Å². The van der Waals surface area contributed by atoms with E-state index in [4.69, 9.17) is 15.9 Å². The highest BCUT2D eigenvalue weighted by Crippen LogP contribution is 2.06. The third-order valence-corrected chi connectivity index (χ3v) is 1.73. The number of ether oxygens (including phenoxy) is 1. The lowest BCUT2D eigenvalue weighted by Crippen LogP contribution is -2.18. The van der Waals surface area contributed by atoms with Gasteiger partial charge in [0.1, 0.15) is 18.3 Å². The van der Waals surface area contributed by atoms with Gasteiger partial charge in [0.2, 0.25) is 0 Å². The van der Waals surface area contributed by atoms with Crippen LogP contribution in [0.25, 0.3) is 0 Å². The largest absolute Gasteiger partial charge is 0.386 e. The quantitative estimate of drug-likeness (QED) is 0.424. The van der Waals surface area contributed by atoms with Gasteiger partial charge in [0.25, 0.3) is 0 Å². The maximum atomic E-state index is 13.1. The van der Waals surface area contributed by atoms with Gasteiger partial charge in [-0.25, -0.2) is 4.39 Å². The number of amidine groups is 1. The van der Waals surface area contributed by atoms with Crippen LogP contribution >= 0.6 is 0 Å². The molecule has 0 atom stereocenters. The molecule has 3 nitrogen and oxygen atoms in total. The van der Waals surface area contributed by atoms with E-state index in [1.807, 2.05) is 0 Å². The summed E-state index contributed by atoms with van der Waals surface area (Å²) in [4.78, 5) is 0. The molecule has 3 N–H and O–H groups in total. The molecule has 0 aliphatic heterocycles. The first kappa shape index (κ1) is 10.7. The topological polar surface area (TPSA) is 59.1 Å². The van der Waals surface area contributed by atoms with Gasteiger partial charge in [0.15, 0.2) is 0 Å². The van der Waals surface area contributed by atoms with Crippen molar-refractivity contribution < 1.29 is 9.13 Å². The molecular weight excluding hydrogens is 183 g/mol. The van der Waals surface area contributed by atoms with E-state index in [0.717, 1.165) is 0 Å². The molecule has 0 amide bonds. The highest BCUT2D eigenvalue weighted by Gasteiger charge is 1.99. The van der Waals surface area contributed by atoms with Crippen molar-refractivity contribution in [3.8, 4) is 0 Å². The maximum absolute atomic E-state index is 13.1. The monoisotopic (exact) mass is 196 g/mol. The number of benzene rings is 1. The molecule has 1 aromatic carbocycles. The number of nitrogens with two attached hydrogens (primary N) is 1. The van der Waals surface area contributed by atoms with Crippen LogP contribution in [0.1, 0.15) is 5.56 Å². The van der Waals surface area contributed by atoms with Gasteiger partial charge >= 0.3 is 0 Å². The summed E-state index contributed by atoms with van der Waals surface area (Å²) >= 11 is 0. The molecule has 0 radical (unpaired) electrons. The average Bonchev–Trinajstić information content (AvgIpc) is 2.15. The lowest BCUT2D eigenvalue weighted by molar-refractivity contribution is 0.173. The summed E-state index contributed by atoms with van der Waals surface area (Å²) in [6.07, 6.45) is 0.500. The summed E-state index contributed by atoms with van der Waals surface area (Å²) in [6.45, 7) is 0.481. The predicted octanol–water partition coefficient (Wildman–Crippen LogP) is 1.32. The first-order valence-electron chi connectivity index (χ1n) is 4.34. The van der Waals surface area contributed by atoms with Crippen LogP contribution in [0.15, 0.2) is 24.3 Å². The van der Waals surface area contributed by atoms with E-state index in [2.05, 4.69) is 0 Å². The van der Waals surface area contributed by atoms with Crippen LogP contribution in [0, 0.1) is 11.2 Å². The number of nitrogens with one attached hydrogen (secondary N) is 1. The smallest absolute Gasteiger partial charge is 0.126 e. The van der Waals surface area contributed by atoms with Gasteiger partial charge in [-0.3, -0.25) is 5.41 Å². The predicted molar refractivity (Wildman–Crippen MR) is 52.8 cm³/mol. The summed E-state index contributed by atoms with van der Waals surface area (Å²) in [5.41, 5.74) is 5.71. The van der Waals surface area contributed by atoms with Crippen molar-refractivity contribution in [3.05, 3.63) is 35.6 Å². The molecule has 0 bridgehead atoms. The van der Waals surface area contributed by atoms with Crippen LogP contribution < -0.4 is 5.73 Å². The summed E-state index contributed by atoms with van der Waals surface area (Å²) in [5.74, 6) is -0.238. The fraction of sp³-hybridized carbons (Fsp3) is 0.300. The molecular formula is C10H13FN2O. The highest BCUT2D eigenvalue weighted by atomic mass is 19.1. The first-order chi connectivity index (χ1) is 6.70. The fourth-order valence-electron chi connectivity index (χ4n) is 1.07. The number of hydrogen-bond acceptors (Lipinski definition) is 2. The van der Waals surface area contributed by atoms with Gasteiger partial charge in [-0.1, -0.05) is 18.2 Å². The summed E-state index contributed by atoms with van der Waals surface area (Å²) < 4.78 is 18.1. The third kappa shape index (κ3) is 3.53. The Morgan fingerprint density at radius 3 is 2.79 bits per heavy atom.